The van der Waals surface area contributed by atoms with Crippen molar-refractivity contribution in [3.63, 3.8) is 0 Å². The van der Waals surface area contributed by atoms with Crippen LogP contribution in [0.5, 0.6) is 5.75 Å². The number of fused-ring (bicyclic) bond motifs is 1. The van der Waals surface area contributed by atoms with Gasteiger partial charge in [0.1, 0.15) is 12.4 Å². The molecule has 0 amide bonds. The number of morpholine rings is 1. The van der Waals surface area contributed by atoms with Gasteiger partial charge in [0.05, 0.1) is 18.8 Å². The van der Waals surface area contributed by atoms with E-state index in [-0.39, 0.29) is 5.78 Å². The highest BCUT2D eigenvalue weighted by Crippen LogP contribution is 2.43. The normalized spacial score (nSPS) is 16.5. The third-order valence-corrected chi connectivity index (χ3v) is 6.21. The lowest BCUT2D eigenvalue weighted by atomic mass is 9.94. The highest BCUT2D eigenvalue weighted by molar-refractivity contribution is 6.41. The molecule has 5 rings (SSSR count). The first-order valence-electron chi connectivity index (χ1n) is 11.4. The Hall–Kier alpha value is -3.49. The Kier molecular flexibility index (Phi) is 6.40. The molecule has 0 atom stereocenters. The van der Waals surface area contributed by atoms with Gasteiger partial charge in [0.2, 0.25) is 0 Å². The number of alkyl halides is 3. The van der Waals surface area contributed by atoms with E-state index in [1.807, 2.05) is 0 Å². The highest BCUT2D eigenvalue weighted by atomic mass is 19.4. The number of halogens is 3. The molecule has 0 spiro atoms. The second kappa shape index (κ2) is 9.64. The van der Waals surface area contributed by atoms with Gasteiger partial charge in [0.15, 0.2) is 5.78 Å². The molecule has 1 aliphatic heterocycles. The van der Waals surface area contributed by atoms with Gasteiger partial charge in [-0.25, -0.2) is 0 Å². The number of ketones is 1. The number of hydrogen-bond donors (Lipinski definition) is 0. The Morgan fingerprint density at radius 3 is 2.40 bits per heavy atom. The van der Waals surface area contributed by atoms with Crippen LogP contribution in [0.4, 0.5) is 13.2 Å². The maximum absolute atomic E-state index is 13.5. The van der Waals surface area contributed by atoms with Crippen LogP contribution in [0.3, 0.4) is 0 Å². The molecule has 5 nitrogen and oxygen atoms in total. The molecular formula is C27H23F3N2O3. The van der Waals surface area contributed by atoms with Gasteiger partial charge >= 0.3 is 6.18 Å². The molecule has 2 heterocycles. The van der Waals surface area contributed by atoms with Crippen molar-refractivity contribution in [2.45, 2.75) is 6.18 Å². The van der Waals surface area contributed by atoms with Crippen molar-refractivity contribution in [3.8, 4) is 5.75 Å². The number of hydrogen-bond acceptors (Lipinski definition) is 5. The number of rotatable bonds is 6. The predicted octanol–water partition coefficient (Wildman–Crippen LogP) is 4.97. The number of ether oxygens (including phenoxy) is 2. The molecule has 180 valence electrons. The zero-order valence-corrected chi connectivity index (χ0v) is 18.8. The zero-order chi connectivity index (χ0) is 24.4. The van der Waals surface area contributed by atoms with Crippen molar-refractivity contribution in [3.05, 3.63) is 94.8 Å². The van der Waals surface area contributed by atoms with Gasteiger partial charge < -0.3 is 9.47 Å². The number of carbonyl (C=O) groups is 1. The Labute approximate surface area is 200 Å². The predicted molar refractivity (Wildman–Crippen MR) is 125 cm³/mol. The van der Waals surface area contributed by atoms with Crippen molar-refractivity contribution in [2.75, 3.05) is 39.5 Å². The molecular weight excluding hydrogens is 457 g/mol. The molecule has 0 radical (unpaired) electrons. The van der Waals surface area contributed by atoms with E-state index in [2.05, 4.69) is 9.88 Å². The summed E-state index contributed by atoms with van der Waals surface area (Å²) in [5.41, 5.74) is 2.53. The highest BCUT2D eigenvalue weighted by Gasteiger charge is 2.34. The van der Waals surface area contributed by atoms with Gasteiger partial charge in [-0.15, -0.1) is 0 Å². The smallest absolute Gasteiger partial charge is 0.416 e. The van der Waals surface area contributed by atoms with Crippen LogP contribution in [0, 0.1) is 0 Å². The fourth-order valence-electron chi connectivity index (χ4n) is 4.43. The number of pyridine rings is 1. The summed E-state index contributed by atoms with van der Waals surface area (Å²) in [7, 11) is 0. The fraction of sp³-hybridized carbons (Fsp3) is 0.259. The number of benzene rings is 2. The van der Waals surface area contributed by atoms with Crippen molar-refractivity contribution in [1.82, 2.24) is 9.88 Å². The molecule has 2 aromatic carbocycles. The van der Waals surface area contributed by atoms with E-state index in [1.54, 1.807) is 42.7 Å². The Balaban J connectivity index is 1.46. The summed E-state index contributed by atoms with van der Waals surface area (Å²) in [5, 5.41) is 0. The van der Waals surface area contributed by atoms with Gasteiger partial charge in [-0.2, -0.15) is 13.2 Å². The van der Waals surface area contributed by atoms with Crippen LogP contribution in [-0.2, 0) is 10.9 Å². The number of carbonyl (C=O) groups excluding carboxylic acids is 1. The molecule has 1 aromatic heterocycles. The van der Waals surface area contributed by atoms with Crippen LogP contribution in [0.1, 0.15) is 32.6 Å². The van der Waals surface area contributed by atoms with E-state index >= 15 is 0 Å². The van der Waals surface area contributed by atoms with E-state index < -0.39 is 11.7 Å². The lowest BCUT2D eigenvalue weighted by molar-refractivity contribution is -0.137. The maximum atomic E-state index is 13.5. The summed E-state index contributed by atoms with van der Waals surface area (Å²) >= 11 is 0. The van der Waals surface area contributed by atoms with Gasteiger partial charge in [0.25, 0.3) is 0 Å². The number of Topliss-reactive ketones (excluding diaryl/α,β-unsaturated/α-hetero) is 1. The fourth-order valence-corrected chi connectivity index (χ4v) is 4.43. The SMILES string of the molecule is O=C1C(c2cccnc2)=C(c2ccc(C(F)(F)F)cc2)c2ccc(OCCN3CCOCC3)cc21. The Morgan fingerprint density at radius 1 is 0.943 bits per heavy atom. The third kappa shape index (κ3) is 4.85. The summed E-state index contributed by atoms with van der Waals surface area (Å²) in [5.74, 6) is 0.367. The topological polar surface area (TPSA) is 51.7 Å². The minimum Gasteiger partial charge on any atom is -0.492 e. The average Bonchev–Trinajstić information content (AvgIpc) is 3.16. The number of allylic oxidation sites excluding steroid dienone is 1. The van der Waals surface area contributed by atoms with Gasteiger partial charge in [-0.1, -0.05) is 18.2 Å². The summed E-state index contributed by atoms with van der Waals surface area (Å²) in [6.07, 6.45) is -1.24. The van der Waals surface area contributed by atoms with E-state index in [0.29, 0.717) is 59.0 Å². The molecule has 0 unspecified atom stereocenters. The van der Waals surface area contributed by atoms with Crippen LogP contribution in [0.15, 0.2) is 67.0 Å². The summed E-state index contributed by atoms with van der Waals surface area (Å²) in [6, 6.07) is 13.7. The van der Waals surface area contributed by atoms with Gasteiger partial charge in [-0.05, 0) is 47.5 Å². The lowest BCUT2D eigenvalue weighted by Crippen LogP contribution is -2.38. The van der Waals surface area contributed by atoms with Crippen molar-refractivity contribution < 1.29 is 27.4 Å². The van der Waals surface area contributed by atoms with Crippen LogP contribution in [-0.4, -0.2) is 55.1 Å². The van der Waals surface area contributed by atoms with E-state index in [9.17, 15) is 18.0 Å². The Bertz CT molecular complexity index is 1250. The first kappa shape index (κ1) is 23.3. The first-order chi connectivity index (χ1) is 16.9. The van der Waals surface area contributed by atoms with Gasteiger partial charge in [0, 0.05) is 54.3 Å². The van der Waals surface area contributed by atoms with Crippen molar-refractivity contribution in [1.29, 1.82) is 0 Å². The first-order valence-corrected chi connectivity index (χ1v) is 11.4. The molecule has 8 heteroatoms. The molecule has 1 aliphatic carbocycles. The third-order valence-electron chi connectivity index (χ3n) is 6.21. The molecule has 0 N–H and O–H groups in total. The number of aromatic nitrogens is 1. The maximum Gasteiger partial charge on any atom is 0.416 e. The van der Waals surface area contributed by atoms with Crippen LogP contribution in [0.25, 0.3) is 11.1 Å². The largest absolute Gasteiger partial charge is 0.492 e. The van der Waals surface area contributed by atoms with E-state index in [4.69, 9.17) is 9.47 Å². The molecule has 1 saturated heterocycles. The Morgan fingerprint density at radius 2 is 1.71 bits per heavy atom. The summed E-state index contributed by atoms with van der Waals surface area (Å²) in [4.78, 5) is 19.9. The molecule has 0 bridgehead atoms. The molecule has 3 aromatic rings. The van der Waals surface area contributed by atoms with Crippen LogP contribution in [0.2, 0.25) is 0 Å². The van der Waals surface area contributed by atoms with Gasteiger partial charge in [-0.3, -0.25) is 14.7 Å². The van der Waals surface area contributed by atoms with Crippen LogP contribution >= 0.6 is 0 Å². The minimum atomic E-state index is -4.43. The van der Waals surface area contributed by atoms with Crippen molar-refractivity contribution in [2.24, 2.45) is 0 Å². The standard InChI is InChI=1S/C27H23F3N2O3/c28-27(29,30)20-5-3-18(4-6-20)24-22-8-7-21(35-15-12-32-10-13-34-14-11-32)16-23(22)26(33)25(24)19-2-1-9-31-17-19/h1-9,16-17H,10-15H2. The van der Waals surface area contributed by atoms with Crippen molar-refractivity contribution >= 4 is 16.9 Å². The van der Waals surface area contributed by atoms with Crippen LogP contribution < -0.4 is 4.74 Å². The quantitative estimate of drug-likeness (QED) is 0.499. The molecule has 2 aliphatic rings. The monoisotopic (exact) mass is 480 g/mol. The second-order valence-corrected chi connectivity index (χ2v) is 8.41. The van der Waals surface area contributed by atoms with E-state index in [0.717, 1.165) is 31.8 Å². The minimum absolute atomic E-state index is 0.207. The summed E-state index contributed by atoms with van der Waals surface area (Å²) < 4.78 is 50.6. The molecule has 35 heavy (non-hydrogen) atoms. The molecule has 1 fully saturated rings. The molecule has 0 saturated carbocycles. The average molecular weight is 480 g/mol. The number of nitrogens with zero attached hydrogens (tertiary/aromatic N) is 2. The van der Waals surface area contributed by atoms with E-state index in [1.165, 1.54) is 12.1 Å². The summed E-state index contributed by atoms with van der Waals surface area (Å²) in [6.45, 7) is 4.37. The lowest BCUT2D eigenvalue weighted by Gasteiger charge is -2.26. The second-order valence-electron chi connectivity index (χ2n) is 8.41. The zero-order valence-electron chi connectivity index (χ0n) is 18.8.